The smallest absolute Gasteiger partial charge is 0.254 e. The molecule has 3 rings (SSSR count). The fourth-order valence-corrected chi connectivity index (χ4v) is 3.75. The highest BCUT2D eigenvalue weighted by Crippen LogP contribution is 2.29. The number of aliphatic hydroxyl groups excluding tert-OH is 1. The molecule has 7 nitrogen and oxygen atoms in total. The molecule has 8 heteroatoms. The summed E-state index contributed by atoms with van der Waals surface area (Å²) in [4.78, 5) is 25.2. The first-order chi connectivity index (χ1) is 13.9. The van der Waals surface area contributed by atoms with Crippen LogP contribution in [0.1, 0.15) is 42.5 Å². The molecule has 0 spiro atoms. The van der Waals surface area contributed by atoms with Gasteiger partial charge in [0, 0.05) is 38.9 Å². The average molecular weight is 418 g/mol. The first-order valence-corrected chi connectivity index (χ1v) is 10.3. The number of halogens is 1. The van der Waals surface area contributed by atoms with E-state index in [1.165, 1.54) is 6.42 Å². The van der Waals surface area contributed by atoms with E-state index < -0.39 is 6.23 Å². The molecular weight excluding hydrogens is 390 g/mol. The van der Waals surface area contributed by atoms with Crippen molar-refractivity contribution in [2.75, 3.05) is 30.9 Å². The predicted molar refractivity (Wildman–Crippen MR) is 116 cm³/mol. The van der Waals surface area contributed by atoms with E-state index in [-0.39, 0.29) is 11.8 Å². The predicted octanol–water partition coefficient (Wildman–Crippen LogP) is 3.59. The van der Waals surface area contributed by atoms with Crippen LogP contribution >= 0.6 is 11.6 Å². The summed E-state index contributed by atoms with van der Waals surface area (Å²) < 4.78 is 0. The first kappa shape index (κ1) is 21.3. The maximum absolute atomic E-state index is 12.8. The van der Waals surface area contributed by atoms with Crippen LogP contribution in [0.4, 0.5) is 17.5 Å². The molecule has 1 aliphatic carbocycles. The fraction of sp³-hybridized carbons (Fsp3) is 0.476. The minimum absolute atomic E-state index is 0.0998. The van der Waals surface area contributed by atoms with Crippen molar-refractivity contribution < 1.29 is 9.90 Å². The number of hydrogen-bond acceptors (Lipinski definition) is 6. The number of hydrogen-bond donors (Lipinski definition) is 2. The average Bonchev–Trinajstić information content (AvgIpc) is 2.74. The molecule has 1 aromatic carbocycles. The van der Waals surface area contributed by atoms with Gasteiger partial charge in [0.25, 0.3) is 5.91 Å². The summed E-state index contributed by atoms with van der Waals surface area (Å²) in [6, 6.07) is 7.02. The Morgan fingerprint density at radius 1 is 1.21 bits per heavy atom. The van der Waals surface area contributed by atoms with E-state index in [0.29, 0.717) is 22.4 Å². The Morgan fingerprint density at radius 2 is 1.93 bits per heavy atom. The second-order valence-corrected chi connectivity index (χ2v) is 8.06. The van der Waals surface area contributed by atoms with Gasteiger partial charge >= 0.3 is 0 Å². The second kappa shape index (κ2) is 9.41. The van der Waals surface area contributed by atoms with Crippen molar-refractivity contribution >= 4 is 35.0 Å². The lowest BCUT2D eigenvalue weighted by Crippen LogP contribution is -2.41. The van der Waals surface area contributed by atoms with Crippen molar-refractivity contribution in [1.82, 2.24) is 15.3 Å². The molecule has 0 aliphatic heterocycles. The highest BCUT2D eigenvalue weighted by Gasteiger charge is 2.24. The number of amides is 1. The Bertz CT molecular complexity index is 855. The molecule has 1 aliphatic rings. The largest absolute Gasteiger partial charge is 0.373 e. The lowest BCUT2D eigenvalue weighted by atomic mass is 9.88. The molecule has 29 heavy (non-hydrogen) atoms. The maximum Gasteiger partial charge on any atom is 0.254 e. The first-order valence-electron chi connectivity index (χ1n) is 9.89. The van der Waals surface area contributed by atoms with Crippen LogP contribution < -0.4 is 15.1 Å². The summed E-state index contributed by atoms with van der Waals surface area (Å²) in [5.41, 5.74) is 1.09. The van der Waals surface area contributed by atoms with Gasteiger partial charge in [-0.1, -0.05) is 30.9 Å². The summed E-state index contributed by atoms with van der Waals surface area (Å²) in [5, 5.41) is 13.5. The number of nitrogens with zero attached hydrogens (tertiary/aromatic N) is 4. The molecule has 156 valence electrons. The molecule has 1 aromatic heterocycles. The van der Waals surface area contributed by atoms with Crippen LogP contribution in [0.5, 0.6) is 0 Å². The van der Waals surface area contributed by atoms with Gasteiger partial charge < -0.3 is 20.2 Å². The summed E-state index contributed by atoms with van der Waals surface area (Å²) in [5.74, 6) is 1.01. The zero-order chi connectivity index (χ0) is 21.0. The SMILES string of the molecule is CN(C)c1nccc(N(C)c2ccc(Cl)c(C(=O)NC(O)C3CCCCC3)c2)n1. The van der Waals surface area contributed by atoms with Gasteiger partial charge in [0.1, 0.15) is 12.0 Å². The Kier molecular flexibility index (Phi) is 6.92. The lowest BCUT2D eigenvalue weighted by molar-refractivity contribution is 0.0463. The second-order valence-electron chi connectivity index (χ2n) is 7.65. The zero-order valence-corrected chi connectivity index (χ0v) is 17.9. The van der Waals surface area contributed by atoms with Gasteiger partial charge in [-0.3, -0.25) is 4.79 Å². The van der Waals surface area contributed by atoms with Crippen LogP contribution in [-0.2, 0) is 0 Å². The topological polar surface area (TPSA) is 81.6 Å². The molecule has 1 saturated carbocycles. The number of benzene rings is 1. The van der Waals surface area contributed by atoms with Gasteiger partial charge in [0.05, 0.1) is 10.6 Å². The molecule has 0 saturated heterocycles. The quantitative estimate of drug-likeness (QED) is 0.699. The minimum Gasteiger partial charge on any atom is -0.373 e. The van der Waals surface area contributed by atoms with E-state index in [0.717, 1.165) is 31.4 Å². The number of carbonyl (C=O) groups excluding carboxylic acids is 1. The Morgan fingerprint density at radius 3 is 2.62 bits per heavy atom. The highest BCUT2D eigenvalue weighted by atomic mass is 35.5. The van der Waals surface area contributed by atoms with Gasteiger partial charge in [-0.05, 0) is 37.1 Å². The standard InChI is InChI=1S/C21H28ClN5O2/c1-26(2)21-23-12-11-18(24-21)27(3)15-9-10-17(22)16(13-15)20(29)25-19(28)14-7-5-4-6-8-14/h9-14,19,28H,4-8H2,1-3H3,(H,25,29). The van der Waals surface area contributed by atoms with E-state index in [1.54, 1.807) is 24.4 Å². The van der Waals surface area contributed by atoms with Crippen LogP contribution in [0.25, 0.3) is 0 Å². The van der Waals surface area contributed by atoms with Crippen molar-refractivity contribution in [2.24, 2.45) is 5.92 Å². The van der Waals surface area contributed by atoms with Crippen LogP contribution in [0, 0.1) is 5.92 Å². The third-order valence-corrected chi connectivity index (χ3v) is 5.66. The third-order valence-electron chi connectivity index (χ3n) is 5.33. The number of rotatable bonds is 6. The molecular formula is C21H28ClN5O2. The Labute approximate surface area is 176 Å². The minimum atomic E-state index is -0.857. The molecule has 1 unspecified atom stereocenters. The summed E-state index contributed by atoms with van der Waals surface area (Å²) in [6.45, 7) is 0. The molecule has 0 radical (unpaired) electrons. The van der Waals surface area contributed by atoms with Crippen LogP contribution in [-0.4, -0.2) is 48.4 Å². The van der Waals surface area contributed by atoms with E-state index >= 15 is 0 Å². The molecule has 2 aromatic rings. The number of aromatic nitrogens is 2. The summed E-state index contributed by atoms with van der Waals surface area (Å²) >= 11 is 6.28. The summed E-state index contributed by atoms with van der Waals surface area (Å²) in [6.07, 6.45) is 6.07. The Hall–Kier alpha value is -2.38. The molecule has 1 atom stereocenters. The monoisotopic (exact) mass is 417 g/mol. The van der Waals surface area contributed by atoms with Gasteiger partial charge in [0.15, 0.2) is 0 Å². The molecule has 1 fully saturated rings. The maximum atomic E-state index is 12.8. The van der Waals surface area contributed by atoms with Gasteiger partial charge in [-0.15, -0.1) is 0 Å². The van der Waals surface area contributed by atoms with Crippen molar-refractivity contribution in [3.05, 3.63) is 41.0 Å². The van der Waals surface area contributed by atoms with Gasteiger partial charge in [-0.25, -0.2) is 4.98 Å². The van der Waals surface area contributed by atoms with Crippen LogP contribution in [0.15, 0.2) is 30.5 Å². The normalized spacial score (nSPS) is 15.6. The molecule has 1 amide bonds. The number of aliphatic hydroxyl groups is 1. The van der Waals surface area contributed by atoms with Gasteiger partial charge in [0.2, 0.25) is 5.95 Å². The number of nitrogens with one attached hydrogen (secondary N) is 1. The number of anilines is 3. The fourth-order valence-electron chi connectivity index (χ4n) is 3.55. The zero-order valence-electron chi connectivity index (χ0n) is 17.1. The van der Waals surface area contributed by atoms with Crippen LogP contribution in [0.2, 0.25) is 5.02 Å². The number of carbonyl (C=O) groups is 1. The third kappa shape index (κ3) is 5.16. The van der Waals surface area contributed by atoms with E-state index in [4.69, 9.17) is 11.6 Å². The van der Waals surface area contributed by atoms with Crippen molar-refractivity contribution in [3.8, 4) is 0 Å². The van der Waals surface area contributed by atoms with Gasteiger partial charge in [-0.2, -0.15) is 4.98 Å². The van der Waals surface area contributed by atoms with Crippen molar-refractivity contribution in [1.29, 1.82) is 0 Å². The van der Waals surface area contributed by atoms with E-state index in [1.807, 2.05) is 37.0 Å². The summed E-state index contributed by atoms with van der Waals surface area (Å²) in [7, 11) is 5.62. The Balaban J connectivity index is 1.78. The molecule has 1 heterocycles. The lowest BCUT2D eigenvalue weighted by Gasteiger charge is -2.27. The van der Waals surface area contributed by atoms with E-state index in [9.17, 15) is 9.90 Å². The highest BCUT2D eigenvalue weighted by molar-refractivity contribution is 6.34. The van der Waals surface area contributed by atoms with Crippen molar-refractivity contribution in [3.63, 3.8) is 0 Å². The molecule has 0 bridgehead atoms. The van der Waals surface area contributed by atoms with Crippen LogP contribution in [0.3, 0.4) is 0 Å². The molecule has 2 N–H and O–H groups in total. The van der Waals surface area contributed by atoms with E-state index in [2.05, 4.69) is 15.3 Å². The van der Waals surface area contributed by atoms with Crippen molar-refractivity contribution in [2.45, 2.75) is 38.3 Å².